The Morgan fingerprint density at radius 2 is 1.64 bits per heavy atom. The summed E-state index contributed by atoms with van der Waals surface area (Å²) in [7, 11) is 0. The molecule has 0 unspecified atom stereocenters. The predicted octanol–water partition coefficient (Wildman–Crippen LogP) is 4.27. The van der Waals surface area contributed by atoms with Gasteiger partial charge in [0.15, 0.2) is 5.13 Å². The zero-order chi connectivity index (χ0) is 17.1. The van der Waals surface area contributed by atoms with Gasteiger partial charge in [-0.25, -0.2) is 9.37 Å². The molecule has 1 aliphatic rings. The molecule has 25 heavy (non-hydrogen) atoms. The molecule has 5 heteroatoms. The molecule has 0 amide bonds. The van der Waals surface area contributed by atoms with Crippen molar-refractivity contribution in [2.75, 3.05) is 31.1 Å². The highest BCUT2D eigenvalue weighted by atomic mass is 32.1. The fraction of sp³-hybridized carbons (Fsp3) is 0.250. The van der Waals surface area contributed by atoms with Crippen molar-refractivity contribution in [1.82, 2.24) is 9.88 Å². The Balaban J connectivity index is 1.39. The van der Waals surface area contributed by atoms with Gasteiger partial charge in [-0.3, -0.25) is 4.90 Å². The molecule has 128 valence electrons. The minimum absolute atomic E-state index is 0.216. The maximum Gasteiger partial charge on any atom is 0.185 e. The van der Waals surface area contributed by atoms with Crippen molar-refractivity contribution in [3.8, 4) is 11.3 Å². The van der Waals surface area contributed by atoms with Gasteiger partial charge in [0, 0.05) is 43.7 Å². The summed E-state index contributed by atoms with van der Waals surface area (Å²) < 4.78 is 13.9. The molecule has 1 aromatic heterocycles. The maximum atomic E-state index is 13.9. The van der Waals surface area contributed by atoms with E-state index in [2.05, 4.69) is 45.1 Å². The first-order chi connectivity index (χ1) is 12.3. The molecule has 2 aromatic carbocycles. The Bertz CT molecular complexity index is 826. The van der Waals surface area contributed by atoms with Crippen LogP contribution >= 0.6 is 11.3 Å². The molecule has 3 aromatic rings. The van der Waals surface area contributed by atoms with Crippen LogP contribution < -0.4 is 4.90 Å². The van der Waals surface area contributed by atoms with E-state index in [1.54, 1.807) is 23.5 Å². The monoisotopic (exact) mass is 353 g/mol. The molecular weight excluding hydrogens is 333 g/mol. The van der Waals surface area contributed by atoms with Crippen LogP contribution in [-0.2, 0) is 6.54 Å². The topological polar surface area (TPSA) is 19.4 Å². The highest BCUT2D eigenvalue weighted by molar-refractivity contribution is 7.14. The van der Waals surface area contributed by atoms with Crippen LogP contribution in [0.4, 0.5) is 9.52 Å². The summed E-state index contributed by atoms with van der Waals surface area (Å²) in [6, 6.07) is 17.4. The molecule has 4 rings (SSSR count). The van der Waals surface area contributed by atoms with Crippen LogP contribution in [-0.4, -0.2) is 36.1 Å². The van der Waals surface area contributed by atoms with Crippen LogP contribution in [0.15, 0.2) is 60.0 Å². The lowest BCUT2D eigenvalue weighted by molar-refractivity contribution is 0.250. The minimum Gasteiger partial charge on any atom is -0.346 e. The molecule has 0 spiro atoms. The van der Waals surface area contributed by atoms with Gasteiger partial charge in [0.2, 0.25) is 0 Å². The van der Waals surface area contributed by atoms with Crippen LogP contribution in [0.3, 0.4) is 0 Å². The molecule has 0 aliphatic carbocycles. The van der Waals surface area contributed by atoms with E-state index in [0.29, 0.717) is 5.56 Å². The molecule has 1 aliphatic heterocycles. The van der Waals surface area contributed by atoms with Crippen molar-refractivity contribution < 1.29 is 4.39 Å². The summed E-state index contributed by atoms with van der Waals surface area (Å²) in [6.45, 7) is 4.94. The van der Waals surface area contributed by atoms with Crippen molar-refractivity contribution >= 4 is 16.5 Å². The second-order valence-corrected chi connectivity index (χ2v) is 7.08. The number of rotatable bonds is 4. The van der Waals surface area contributed by atoms with Gasteiger partial charge in [0.1, 0.15) is 5.82 Å². The fourth-order valence-corrected chi connectivity index (χ4v) is 4.02. The lowest BCUT2D eigenvalue weighted by Gasteiger charge is -2.34. The van der Waals surface area contributed by atoms with Crippen molar-refractivity contribution in [2.45, 2.75) is 6.54 Å². The lowest BCUT2D eigenvalue weighted by Crippen LogP contribution is -2.45. The van der Waals surface area contributed by atoms with E-state index in [1.807, 2.05) is 11.4 Å². The van der Waals surface area contributed by atoms with Crippen LogP contribution in [0.5, 0.6) is 0 Å². The second kappa shape index (κ2) is 7.33. The van der Waals surface area contributed by atoms with Crippen LogP contribution in [0, 0.1) is 5.82 Å². The highest BCUT2D eigenvalue weighted by Crippen LogP contribution is 2.29. The molecule has 1 fully saturated rings. The molecule has 0 bridgehead atoms. The molecule has 0 N–H and O–H groups in total. The Kier molecular flexibility index (Phi) is 4.76. The summed E-state index contributed by atoms with van der Waals surface area (Å²) in [5, 5.41) is 2.93. The van der Waals surface area contributed by atoms with Crippen molar-refractivity contribution in [2.24, 2.45) is 0 Å². The van der Waals surface area contributed by atoms with E-state index in [9.17, 15) is 4.39 Å². The maximum absolute atomic E-state index is 13.9. The molecule has 0 radical (unpaired) electrons. The first kappa shape index (κ1) is 16.2. The largest absolute Gasteiger partial charge is 0.346 e. The highest BCUT2D eigenvalue weighted by Gasteiger charge is 2.20. The van der Waals surface area contributed by atoms with Gasteiger partial charge in [-0.1, -0.05) is 42.5 Å². The number of hydrogen-bond donors (Lipinski definition) is 0. The third kappa shape index (κ3) is 3.72. The second-order valence-electron chi connectivity index (χ2n) is 6.24. The van der Waals surface area contributed by atoms with E-state index >= 15 is 0 Å². The number of hydrogen-bond acceptors (Lipinski definition) is 4. The quantitative estimate of drug-likeness (QED) is 0.698. The van der Waals surface area contributed by atoms with Gasteiger partial charge in [-0.2, -0.15) is 0 Å². The zero-order valence-corrected chi connectivity index (χ0v) is 14.8. The van der Waals surface area contributed by atoms with Crippen molar-refractivity contribution in [3.63, 3.8) is 0 Å². The van der Waals surface area contributed by atoms with E-state index < -0.39 is 0 Å². The zero-order valence-electron chi connectivity index (χ0n) is 13.9. The van der Waals surface area contributed by atoms with E-state index in [4.69, 9.17) is 0 Å². The summed E-state index contributed by atoms with van der Waals surface area (Å²) in [5.74, 6) is -0.216. The van der Waals surface area contributed by atoms with E-state index in [0.717, 1.165) is 43.5 Å². The van der Waals surface area contributed by atoms with Gasteiger partial charge in [-0.05, 0) is 17.7 Å². The standard InChI is InChI=1S/C20H20FN3S/c21-18-9-5-4-8-17(18)19-15-25-20(22-19)24-12-10-23(11-13-24)14-16-6-2-1-3-7-16/h1-9,15H,10-14H2. The number of piperazine rings is 1. The third-order valence-corrected chi connectivity index (χ3v) is 5.44. The Morgan fingerprint density at radius 1 is 0.920 bits per heavy atom. The Labute approximate surface area is 151 Å². The Morgan fingerprint density at radius 3 is 2.40 bits per heavy atom. The van der Waals surface area contributed by atoms with Gasteiger partial charge >= 0.3 is 0 Å². The first-order valence-electron chi connectivity index (χ1n) is 8.51. The van der Waals surface area contributed by atoms with Crippen molar-refractivity contribution in [1.29, 1.82) is 0 Å². The van der Waals surface area contributed by atoms with Crippen LogP contribution in [0.1, 0.15) is 5.56 Å². The minimum atomic E-state index is -0.216. The van der Waals surface area contributed by atoms with Crippen LogP contribution in [0.2, 0.25) is 0 Å². The number of halogens is 1. The molecular formula is C20H20FN3S. The fourth-order valence-electron chi connectivity index (χ4n) is 3.14. The lowest BCUT2D eigenvalue weighted by atomic mass is 10.2. The van der Waals surface area contributed by atoms with Crippen molar-refractivity contribution in [3.05, 3.63) is 71.4 Å². The van der Waals surface area contributed by atoms with Gasteiger partial charge in [0.25, 0.3) is 0 Å². The number of nitrogens with zero attached hydrogens (tertiary/aromatic N) is 3. The van der Waals surface area contributed by atoms with Crippen LogP contribution in [0.25, 0.3) is 11.3 Å². The summed E-state index contributed by atoms with van der Waals surface area (Å²) in [4.78, 5) is 9.43. The molecule has 0 atom stereocenters. The number of thiazole rings is 1. The molecule has 1 saturated heterocycles. The van der Waals surface area contributed by atoms with E-state index in [1.165, 1.54) is 11.6 Å². The summed E-state index contributed by atoms with van der Waals surface area (Å²) in [5.41, 5.74) is 2.66. The molecule has 2 heterocycles. The Hall–Kier alpha value is -2.24. The normalized spacial score (nSPS) is 15.5. The average Bonchev–Trinajstić information content (AvgIpc) is 3.13. The van der Waals surface area contributed by atoms with Gasteiger partial charge in [-0.15, -0.1) is 11.3 Å². The number of anilines is 1. The van der Waals surface area contributed by atoms with Gasteiger partial charge in [0.05, 0.1) is 5.69 Å². The predicted molar refractivity (Wildman–Crippen MR) is 101 cm³/mol. The molecule has 3 nitrogen and oxygen atoms in total. The third-order valence-electron chi connectivity index (χ3n) is 4.53. The smallest absolute Gasteiger partial charge is 0.185 e. The summed E-state index contributed by atoms with van der Waals surface area (Å²) in [6.07, 6.45) is 0. The number of aromatic nitrogens is 1. The van der Waals surface area contributed by atoms with Gasteiger partial charge < -0.3 is 4.90 Å². The number of benzene rings is 2. The first-order valence-corrected chi connectivity index (χ1v) is 9.39. The summed E-state index contributed by atoms with van der Waals surface area (Å²) >= 11 is 1.59. The average molecular weight is 353 g/mol. The SMILES string of the molecule is Fc1ccccc1-c1csc(N2CCN(Cc3ccccc3)CC2)n1. The molecule has 0 saturated carbocycles. The van der Waals surface area contributed by atoms with E-state index in [-0.39, 0.29) is 5.82 Å².